The quantitative estimate of drug-likeness (QED) is 0.559. The summed E-state index contributed by atoms with van der Waals surface area (Å²) in [6.45, 7) is 4.81. The molecule has 114 valence electrons. The lowest BCUT2D eigenvalue weighted by atomic mass is 10.1. The van der Waals surface area contributed by atoms with E-state index >= 15 is 0 Å². The molecular weight excluding hydrogens is 248 g/mol. The van der Waals surface area contributed by atoms with Gasteiger partial charge in [0.1, 0.15) is 5.75 Å². The molecule has 0 aromatic heterocycles. The van der Waals surface area contributed by atoms with Crippen LogP contribution in [0.2, 0.25) is 0 Å². The summed E-state index contributed by atoms with van der Waals surface area (Å²) in [7, 11) is 0. The van der Waals surface area contributed by atoms with Crippen molar-refractivity contribution in [2.24, 2.45) is 0 Å². The van der Waals surface area contributed by atoms with E-state index in [0.29, 0.717) is 0 Å². The fourth-order valence-electron chi connectivity index (χ4n) is 2.29. The number of rotatable bonds is 11. The molecule has 2 nitrogen and oxygen atoms in total. The van der Waals surface area contributed by atoms with Gasteiger partial charge >= 0.3 is 0 Å². The van der Waals surface area contributed by atoms with E-state index in [0.717, 1.165) is 24.3 Å². The summed E-state index contributed by atoms with van der Waals surface area (Å²) in [4.78, 5) is 0. The lowest BCUT2D eigenvalue weighted by Gasteiger charge is -2.09. The third-order valence-electron chi connectivity index (χ3n) is 3.61. The first-order valence-electron chi connectivity index (χ1n) is 8.15. The Morgan fingerprint density at radius 3 is 2.30 bits per heavy atom. The first-order valence-corrected chi connectivity index (χ1v) is 8.15. The zero-order valence-electron chi connectivity index (χ0n) is 13.1. The Morgan fingerprint density at radius 1 is 1.00 bits per heavy atom. The summed E-state index contributed by atoms with van der Waals surface area (Å²) in [5, 5.41) is 9.52. The average Bonchev–Trinajstić information content (AvgIpc) is 2.46. The van der Waals surface area contributed by atoms with Crippen molar-refractivity contribution in [1.82, 2.24) is 0 Å². The molecule has 1 unspecified atom stereocenters. The van der Waals surface area contributed by atoms with Gasteiger partial charge in [0.2, 0.25) is 0 Å². The second-order valence-electron chi connectivity index (χ2n) is 5.57. The molecule has 1 aromatic carbocycles. The van der Waals surface area contributed by atoms with Crippen molar-refractivity contribution >= 4 is 0 Å². The number of aliphatic hydroxyl groups excluding tert-OH is 1. The lowest BCUT2D eigenvalue weighted by Crippen LogP contribution is -1.98. The van der Waals surface area contributed by atoms with E-state index in [1.165, 1.54) is 44.9 Å². The van der Waals surface area contributed by atoms with Crippen molar-refractivity contribution < 1.29 is 9.84 Å². The van der Waals surface area contributed by atoms with E-state index in [9.17, 15) is 5.11 Å². The number of hydrogen-bond acceptors (Lipinski definition) is 2. The summed E-state index contributed by atoms with van der Waals surface area (Å²) < 4.78 is 5.73. The van der Waals surface area contributed by atoms with Crippen molar-refractivity contribution in [2.45, 2.75) is 71.3 Å². The fourth-order valence-corrected chi connectivity index (χ4v) is 2.29. The molecule has 1 N–H and O–H groups in total. The molecule has 0 aliphatic heterocycles. The minimum atomic E-state index is -0.429. The largest absolute Gasteiger partial charge is 0.494 e. The van der Waals surface area contributed by atoms with Gasteiger partial charge in [0.05, 0.1) is 12.7 Å². The van der Waals surface area contributed by atoms with Crippen molar-refractivity contribution in [3.8, 4) is 5.75 Å². The maximum Gasteiger partial charge on any atom is 0.119 e. The van der Waals surface area contributed by atoms with Crippen LogP contribution in [0.15, 0.2) is 24.3 Å². The van der Waals surface area contributed by atoms with Gasteiger partial charge in [-0.05, 0) is 31.0 Å². The van der Waals surface area contributed by atoms with Crippen molar-refractivity contribution in [1.29, 1.82) is 0 Å². The van der Waals surface area contributed by atoms with Gasteiger partial charge in [0.15, 0.2) is 0 Å². The van der Waals surface area contributed by atoms with Crippen LogP contribution in [0.1, 0.15) is 76.9 Å². The second kappa shape index (κ2) is 10.7. The van der Waals surface area contributed by atoms with Gasteiger partial charge in [0.25, 0.3) is 0 Å². The van der Waals surface area contributed by atoms with Crippen LogP contribution in [0.3, 0.4) is 0 Å². The molecule has 0 amide bonds. The molecule has 0 saturated heterocycles. The highest BCUT2D eigenvalue weighted by Gasteiger charge is 2.02. The summed E-state index contributed by atoms with van der Waals surface area (Å²) in [6, 6.07) is 7.74. The minimum absolute atomic E-state index is 0.429. The van der Waals surface area contributed by atoms with Crippen LogP contribution in [-0.4, -0.2) is 11.7 Å². The molecule has 2 heteroatoms. The van der Waals surface area contributed by atoms with Crippen LogP contribution in [0.25, 0.3) is 0 Å². The third-order valence-corrected chi connectivity index (χ3v) is 3.61. The molecule has 20 heavy (non-hydrogen) atoms. The molecule has 1 atom stereocenters. The summed E-state index contributed by atoms with van der Waals surface area (Å²) in [5.41, 5.74) is 0.915. The lowest BCUT2D eigenvalue weighted by molar-refractivity contribution is 0.198. The van der Waals surface area contributed by atoms with Gasteiger partial charge in [-0.15, -0.1) is 0 Å². The van der Waals surface area contributed by atoms with Crippen molar-refractivity contribution in [3.63, 3.8) is 0 Å². The SMILES string of the molecule is CCCCCCCCCCOc1cccc(C(C)O)c1. The smallest absolute Gasteiger partial charge is 0.119 e. The third kappa shape index (κ3) is 7.54. The van der Waals surface area contributed by atoms with E-state index in [-0.39, 0.29) is 0 Å². The molecule has 0 aliphatic rings. The predicted molar refractivity (Wildman–Crippen MR) is 85.2 cm³/mol. The number of aliphatic hydroxyl groups is 1. The number of benzene rings is 1. The molecule has 1 aromatic rings. The second-order valence-corrected chi connectivity index (χ2v) is 5.57. The summed E-state index contributed by atoms with van der Waals surface area (Å²) in [5.74, 6) is 0.867. The highest BCUT2D eigenvalue weighted by molar-refractivity contribution is 5.29. The molecule has 0 radical (unpaired) electrons. The first kappa shape index (κ1) is 17.0. The van der Waals surface area contributed by atoms with E-state index in [1.807, 2.05) is 24.3 Å². The van der Waals surface area contributed by atoms with E-state index < -0.39 is 6.10 Å². The highest BCUT2D eigenvalue weighted by Crippen LogP contribution is 2.19. The van der Waals surface area contributed by atoms with E-state index in [4.69, 9.17) is 4.74 Å². The molecule has 0 heterocycles. The summed E-state index contributed by atoms with van der Waals surface area (Å²) >= 11 is 0. The number of hydrogen-bond donors (Lipinski definition) is 1. The molecular formula is C18H30O2. The molecule has 1 rings (SSSR count). The van der Waals surface area contributed by atoms with Crippen molar-refractivity contribution in [2.75, 3.05) is 6.61 Å². The van der Waals surface area contributed by atoms with Gasteiger partial charge in [-0.25, -0.2) is 0 Å². The van der Waals surface area contributed by atoms with Gasteiger partial charge < -0.3 is 9.84 Å². The monoisotopic (exact) mass is 278 g/mol. The van der Waals surface area contributed by atoms with Crippen LogP contribution < -0.4 is 4.74 Å². The van der Waals surface area contributed by atoms with Crippen LogP contribution in [0, 0.1) is 0 Å². The molecule has 0 bridgehead atoms. The Kier molecular flexibility index (Phi) is 9.14. The standard InChI is InChI=1S/C18H30O2/c1-3-4-5-6-7-8-9-10-14-20-18-13-11-12-17(15-18)16(2)19/h11-13,15-16,19H,3-10,14H2,1-2H3. The van der Waals surface area contributed by atoms with Crippen LogP contribution in [0.5, 0.6) is 5.75 Å². The Balaban J connectivity index is 2.05. The molecule has 0 spiro atoms. The van der Waals surface area contributed by atoms with Gasteiger partial charge in [0, 0.05) is 0 Å². The zero-order valence-corrected chi connectivity index (χ0v) is 13.1. The van der Waals surface area contributed by atoms with Gasteiger partial charge in [-0.2, -0.15) is 0 Å². The molecule has 0 fully saturated rings. The average molecular weight is 278 g/mol. The Hall–Kier alpha value is -1.02. The Morgan fingerprint density at radius 2 is 1.65 bits per heavy atom. The van der Waals surface area contributed by atoms with E-state index in [2.05, 4.69) is 6.92 Å². The zero-order chi connectivity index (χ0) is 14.6. The maximum atomic E-state index is 9.52. The van der Waals surface area contributed by atoms with Gasteiger partial charge in [-0.1, -0.05) is 64.0 Å². The molecule has 0 saturated carbocycles. The topological polar surface area (TPSA) is 29.5 Å². The van der Waals surface area contributed by atoms with Crippen LogP contribution in [0.4, 0.5) is 0 Å². The van der Waals surface area contributed by atoms with Crippen LogP contribution in [-0.2, 0) is 0 Å². The maximum absolute atomic E-state index is 9.52. The van der Waals surface area contributed by atoms with Crippen molar-refractivity contribution in [3.05, 3.63) is 29.8 Å². The Bertz CT molecular complexity index is 347. The number of ether oxygens (including phenoxy) is 1. The summed E-state index contributed by atoms with van der Waals surface area (Å²) in [6.07, 6.45) is 10.1. The number of unbranched alkanes of at least 4 members (excludes halogenated alkanes) is 7. The minimum Gasteiger partial charge on any atom is -0.494 e. The fraction of sp³-hybridized carbons (Fsp3) is 0.667. The predicted octanol–water partition coefficient (Wildman–Crippen LogP) is 5.26. The van der Waals surface area contributed by atoms with Gasteiger partial charge in [-0.3, -0.25) is 0 Å². The normalized spacial score (nSPS) is 12.3. The highest BCUT2D eigenvalue weighted by atomic mass is 16.5. The molecule has 0 aliphatic carbocycles. The van der Waals surface area contributed by atoms with E-state index in [1.54, 1.807) is 6.92 Å². The Labute approximate surface area is 124 Å². The van der Waals surface area contributed by atoms with Crippen LogP contribution >= 0.6 is 0 Å². The first-order chi connectivity index (χ1) is 9.74.